The minimum Gasteiger partial charge on any atom is -0.382 e. The summed E-state index contributed by atoms with van der Waals surface area (Å²) in [6.07, 6.45) is 2.34. The summed E-state index contributed by atoms with van der Waals surface area (Å²) in [6, 6.07) is 7.16. The Morgan fingerprint density at radius 3 is 2.25 bits per heavy atom. The van der Waals surface area contributed by atoms with Gasteiger partial charge in [0.15, 0.2) is 0 Å². The molecule has 0 fully saturated rings. The molecule has 2 heteroatoms. The lowest BCUT2D eigenvalue weighted by Crippen LogP contribution is -2.18. The van der Waals surface area contributed by atoms with Crippen LogP contribution in [0.1, 0.15) is 32.3 Å². The van der Waals surface area contributed by atoms with Gasteiger partial charge in [0.25, 0.3) is 0 Å². The van der Waals surface area contributed by atoms with Crippen molar-refractivity contribution in [2.24, 2.45) is 0 Å². The topological polar surface area (TPSA) is 15.3 Å². The number of hydrogen-bond donors (Lipinski definition) is 1. The first-order valence-corrected chi connectivity index (χ1v) is 6.13. The van der Waals surface area contributed by atoms with E-state index < -0.39 is 0 Å². The number of anilines is 2. The fourth-order valence-electron chi connectivity index (χ4n) is 1.80. The molecule has 0 aliphatic rings. The van der Waals surface area contributed by atoms with Crippen LogP contribution in [0.15, 0.2) is 18.2 Å². The van der Waals surface area contributed by atoms with E-state index in [4.69, 9.17) is 0 Å². The van der Waals surface area contributed by atoms with Gasteiger partial charge in [-0.3, -0.25) is 0 Å². The van der Waals surface area contributed by atoms with Crippen LogP contribution >= 0.6 is 0 Å². The van der Waals surface area contributed by atoms with E-state index in [2.05, 4.69) is 63.3 Å². The number of nitrogens with zero attached hydrogens (tertiary/aromatic N) is 1. The molecule has 0 amide bonds. The average molecular weight is 220 g/mol. The highest BCUT2D eigenvalue weighted by Crippen LogP contribution is 2.22. The van der Waals surface area contributed by atoms with E-state index in [0.717, 1.165) is 0 Å². The van der Waals surface area contributed by atoms with Gasteiger partial charge in [-0.2, -0.15) is 0 Å². The summed E-state index contributed by atoms with van der Waals surface area (Å²) >= 11 is 0. The Kier molecular flexibility index (Phi) is 4.66. The van der Waals surface area contributed by atoms with E-state index in [9.17, 15) is 0 Å². The largest absolute Gasteiger partial charge is 0.382 e. The molecule has 0 aliphatic heterocycles. The summed E-state index contributed by atoms with van der Waals surface area (Å²) in [5.74, 6) is 0. The molecule has 16 heavy (non-hydrogen) atoms. The SMILES string of the molecule is CCC(CC)Nc1ccc(N(C)C)cc1C. The Bertz CT molecular complexity index is 328. The molecule has 0 unspecified atom stereocenters. The summed E-state index contributed by atoms with van der Waals surface area (Å²) in [5.41, 5.74) is 3.84. The lowest BCUT2D eigenvalue weighted by molar-refractivity contribution is 0.671. The molecule has 0 radical (unpaired) electrons. The summed E-state index contributed by atoms with van der Waals surface area (Å²) in [4.78, 5) is 2.13. The monoisotopic (exact) mass is 220 g/mol. The van der Waals surface area contributed by atoms with Crippen LogP contribution in [0.4, 0.5) is 11.4 Å². The minimum absolute atomic E-state index is 0.587. The van der Waals surface area contributed by atoms with Gasteiger partial charge in [-0.05, 0) is 43.5 Å². The molecule has 1 rings (SSSR count). The van der Waals surface area contributed by atoms with Gasteiger partial charge in [-0.25, -0.2) is 0 Å². The standard InChI is InChI=1S/C14H24N2/c1-6-12(7-2)15-14-9-8-13(16(4)5)10-11(14)3/h8-10,12,15H,6-7H2,1-5H3. The smallest absolute Gasteiger partial charge is 0.0373 e. The van der Waals surface area contributed by atoms with Crippen molar-refractivity contribution in [1.82, 2.24) is 0 Å². The molecule has 0 saturated carbocycles. The van der Waals surface area contributed by atoms with Crippen molar-refractivity contribution in [3.63, 3.8) is 0 Å². The summed E-state index contributed by atoms with van der Waals surface area (Å²) in [5, 5.41) is 3.59. The molecule has 90 valence electrons. The molecule has 2 nitrogen and oxygen atoms in total. The normalized spacial score (nSPS) is 10.6. The van der Waals surface area contributed by atoms with E-state index in [-0.39, 0.29) is 0 Å². The highest BCUT2D eigenvalue weighted by Gasteiger charge is 2.06. The van der Waals surface area contributed by atoms with Gasteiger partial charge in [0.1, 0.15) is 0 Å². The van der Waals surface area contributed by atoms with Crippen LogP contribution in [0.25, 0.3) is 0 Å². The second-order valence-corrected chi connectivity index (χ2v) is 4.55. The molecule has 0 aliphatic carbocycles. The fourth-order valence-corrected chi connectivity index (χ4v) is 1.80. The lowest BCUT2D eigenvalue weighted by atomic mass is 10.1. The highest BCUT2D eigenvalue weighted by atomic mass is 15.1. The van der Waals surface area contributed by atoms with E-state index in [1.165, 1.54) is 29.8 Å². The van der Waals surface area contributed by atoms with Gasteiger partial charge in [0.2, 0.25) is 0 Å². The summed E-state index contributed by atoms with van der Waals surface area (Å²) in [6.45, 7) is 6.62. The fraction of sp³-hybridized carbons (Fsp3) is 0.571. The number of nitrogens with one attached hydrogen (secondary N) is 1. The second-order valence-electron chi connectivity index (χ2n) is 4.55. The maximum Gasteiger partial charge on any atom is 0.0373 e. The maximum absolute atomic E-state index is 3.59. The molecule has 1 aromatic carbocycles. The van der Waals surface area contributed by atoms with Crippen LogP contribution < -0.4 is 10.2 Å². The van der Waals surface area contributed by atoms with Crippen molar-refractivity contribution in [3.05, 3.63) is 23.8 Å². The summed E-state index contributed by atoms with van der Waals surface area (Å²) in [7, 11) is 4.14. The van der Waals surface area contributed by atoms with Crippen molar-refractivity contribution in [2.75, 3.05) is 24.3 Å². The summed E-state index contributed by atoms with van der Waals surface area (Å²) < 4.78 is 0. The third-order valence-electron chi connectivity index (χ3n) is 3.07. The van der Waals surface area contributed by atoms with Gasteiger partial charge >= 0.3 is 0 Å². The van der Waals surface area contributed by atoms with Gasteiger partial charge < -0.3 is 10.2 Å². The van der Waals surface area contributed by atoms with Crippen LogP contribution in [-0.2, 0) is 0 Å². The first kappa shape index (κ1) is 12.9. The predicted molar refractivity (Wildman–Crippen MR) is 73.5 cm³/mol. The van der Waals surface area contributed by atoms with Crippen LogP contribution in [0.3, 0.4) is 0 Å². The molecular formula is C14H24N2. The van der Waals surface area contributed by atoms with E-state index in [0.29, 0.717) is 6.04 Å². The Labute approximate surface area is 99.7 Å². The third kappa shape index (κ3) is 3.16. The molecule has 1 aromatic rings. The van der Waals surface area contributed by atoms with Gasteiger partial charge in [-0.15, -0.1) is 0 Å². The molecule has 1 N–H and O–H groups in total. The van der Waals surface area contributed by atoms with Crippen molar-refractivity contribution < 1.29 is 0 Å². The van der Waals surface area contributed by atoms with E-state index >= 15 is 0 Å². The average Bonchev–Trinajstić information content (AvgIpc) is 2.27. The molecule has 0 heterocycles. The zero-order valence-corrected chi connectivity index (χ0v) is 11.2. The molecule has 0 atom stereocenters. The van der Waals surface area contributed by atoms with Crippen molar-refractivity contribution in [3.8, 4) is 0 Å². The lowest BCUT2D eigenvalue weighted by Gasteiger charge is -2.20. The Morgan fingerprint density at radius 1 is 1.19 bits per heavy atom. The van der Waals surface area contributed by atoms with Gasteiger partial charge in [0.05, 0.1) is 0 Å². The van der Waals surface area contributed by atoms with Crippen molar-refractivity contribution in [2.45, 2.75) is 39.7 Å². The third-order valence-corrected chi connectivity index (χ3v) is 3.07. The van der Waals surface area contributed by atoms with E-state index in [1.807, 2.05) is 0 Å². The Hall–Kier alpha value is -1.18. The number of benzene rings is 1. The number of hydrogen-bond acceptors (Lipinski definition) is 2. The predicted octanol–water partition coefficient (Wildman–Crippen LogP) is 3.66. The zero-order valence-electron chi connectivity index (χ0n) is 11.2. The molecular weight excluding hydrogens is 196 g/mol. The van der Waals surface area contributed by atoms with Crippen molar-refractivity contribution >= 4 is 11.4 Å². The second kappa shape index (κ2) is 5.78. The maximum atomic E-state index is 3.59. The quantitative estimate of drug-likeness (QED) is 0.814. The van der Waals surface area contributed by atoms with Gasteiger partial charge in [0, 0.05) is 31.5 Å². The molecule has 0 spiro atoms. The number of rotatable bonds is 5. The zero-order chi connectivity index (χ0) is 12.1. The van der Waals surface area contributed by atoms with Crippen LogP contribution in [-0.4, -0.2) is 20.1 Å². The Morgan fingerprint density at radius 2 is 1.81 bits per heavy atom. The molecule has 0 aromatic heterocycles. The minimum atomic E-state index is 0.587. The van der Waals surface area contributed by atoms with Crippen LogP contribution in [0, 0.1) is 6.92 Å². The first-order chi connectivity index (χ1) is 7.58. The molecule has 0 saturated heterocycles. The first-order valence-electron chi connectivity index (χ1n) is 6.13. The highest BCUT2D eigenvalue weighted by molar-refractivity contribution is 5.60. The van der Waals surface area contributed by atoms with Crippen LogP contribution in [0.2, 0.25) is 0 Å². The molecule has 0 bridgehead atoms. The number of aryl methyl sites for hydroxylation is 1. The van der Waals surface area contributed by atoms with Crippen molar-refractivity contribution in [1.29, 1.82) is 0 Å². The Balaban J connectivity index is 2.82. The van der Waals surface area contributed by atoms with Crippen LogP contribution in [0.5, 0.6) is 0 Å². The van der Waals surface area contributed by atoms with E-state index in [1.54, 1.807) is 0 Å². The van der Waals surface area contributed by atoms with Gasteiger partial charge in [-0.1, -0.05) is 13.8 Å².